The number of nitriles is 1. The molecule has 0 radical (unpaired) electrons. The van der Waals surface area contributed by atoms with E-state index in [9.17, 15) is 9.65 Å². The van der Waals surface area contributed by atoms with Gasteiger partial charge in [0.15, 0.2) is 11.6 Å². The molecule has 0 aliphatic carbocycles. The van der Waals surface area contributed by atoms with Crippen LogP contribution >= 0.6 is 22.9 Å². The summed E-state index contributed by atoms with van der Waals surface area (Å²) in [6, 6.07) is 5.30. The number of hydrogen-bond donors (Lipinski definition) is 2. The molecule has 3 N–H and O–H groups in total. The lowest BCUT2D eigenvalue weighted by atomic mass is 9.93. The van der Waals surface area contributed by atoms with Crippen LogP contribution in [0.5, 0.6) is 11.8 Å². The van der Waals surface area contributed by atoms with Crippen LogP contribution in [-0.2, 0) is 0 Å². The lowest BCUT2D eigenvalue weighted by molar-refractivity contribution is 0.107. The Labute approximate surface area is 274 Å². The molecule has 240 valence electrons. The third-order valence-corrected chi connectivity index (χ3v) is 11.9. The highest BCUT2D eigenvalue weighted by Crippen LogP contribution is 2.51. The second kappa shape index (κ2) is 11.3. The van der Waals surface area contributed by atoms with Crippen molar-refractivity contribution in [3.63, 3.8) is 0 Å². The highest BCUT2D eigenvalue weighted by Gasteiger charge is 2.45. The first-order chi connectivity index (χ1) is 22.3. The standard InChI is InChI=1S/C33H34ClF2N7O2S/c1-39-17-6-12-43-18(14-17)7-13-44-28-24-27(40-32(41-31(24)43)45-16-33-8-2-10-42(33)11-3-9-33)26(36)23(25(28)34)19-4-5-21(35)29-22(19)20(15-37)30(38)46-29/h4-5,17-18,39H,2-3,6-14,16,38H2,1H3. The zero-order valence-electron chi connectivity index (χ0n) is 25.5. The molecule has 6 heterocycles. The predicted molar refractivity (Wildman–Crippen MR) is 176 cm³/mol. The number of nitrogen functional groups attached to an aromatic ring is 1. The van der Waals surface area contributed by atoms with Gasteiger partial charge < -0.3 is 25.4 Å². The van der Waals surface area contributed by atoms with Crippen LogP contribution in [0.15, 0.2) is 12.1 Å². The van der Waals surface area contributed by atoms with E-state index in [-0.39, 0.29) is 65.7 Å². The first-order valence-corrected chi connectivity index (χ1v) is 17.1. The van der Waals surface area contributed by atoms with Crippen LogP contribution in [0.1, 0.15) is 50.5 Å². The summed E-state index contributed by atoms with van der Waals surface area (Å²) >= 11 is 8.03. The summed E-state index contributed by atoms with van der Waals surface area (Å²) in [7, 11) is 1.97. The molecule has 46 heavy (non-hydrogen) atoms. The maximum Gasteiger partial charge on any atom is 0.319 e. The highest BCUT2D eigenvalue weighted by atomic mass is 35.5. The van der Waals surface area contributed by atoms with Crippen molar-refractivity contribution in [2.45, 2.75) is 62.6 Å². The molecule has 3 fully saturated rings. The fourth-order valence-electron chi connectivity index (χ4n) is 8.21. The van der Waals surface area contributed by atoms with E-state index in [4.69, 9.17) is 36.8 Å². The highest BCUT2D eigenvalue weighted by molar-refractivity contribution is 7.23. The molecule has 0 saturated carbocycles. The van der Waals surface area contributed by atoms with E-state index in [1.807, 2.05) is 7.05 Å². The van der Waals surface area contributed by atoms with E-state index in [0.29, 0.717) is 43.4 Å². The van der Waals surface area contributed by atoms with Gasteiger partial charge in [0.05, 0.1) is 32.8 Å². The number of nitrogens with one attached hydrogen (secondary N) is 1. The topological polar surface area (TPSA) is 113 Å². The fraction of sp³-hybridized carbons (Fsp3) is 0.485. The first-order valence-electron chi connectivity index (χ1n) is 15.9. The minimum Gasteiger partial charge on any atom is -0.491 e. The van der Waals surface area contributed by atoms with Crippen molar-refractivity contribution in [1.82, 2.24) is 20.2 Å². The first kappa shape index (κ1) is 29.9. The smallest absolute Gasteiger partial charge is 0.319 e. The lowest BCUT2D eigenvalue weighted by Crippen LogP contribution is -2.49. The van der Waals surface area contributed by atoms with E-state index in [1.165, 1.54) is 12.1 Å². The number of hydrogen-bond acceptors (Lipinski definition) is 10. The van der Waals surface area contributed by atoms with Gasteiger partial charge in [-0.15, -0.1) is 11.3 Å². The molecule has 8 rings (SSSR count). The van der Waals surface area contributed by atoms with Gasteiger partial charge in [0.2, 0.25) is 0 Å². The van der Waals surface area contributed by atoms with Gasteiger partial charge in [-0.05, 0) is 70.3 Å². The molecule has 9 nitrogen and oxygen atoms in total. The van der Waals surface area contributed by atoms with E-state index in [1.54, 1.807) is 0 Å². The zero-order chi connectivity index (χ0) is 31.7. The Kier molecular flexibility index (Phi) is 7.36. The number of anilines is 2. The maximum atomic E-state index is 17.2. The van der Waals surface area contributed by atoms with Crippen LogP contribution in [0, 0.1) is 23.0 Å². The number of aromatic nitrogens is 2. The van der Waals surface area contributed by atoms with E-state index in [0.717, 1.165) is 63.0 Å². The van der Waals surface area contributed by atoms with Gasteiger partial charge in [0.1, 0.15) is 34.8 Å². The van der Waals surface area contributed by atoms with Crippen LogP contribution in [0.3, 0.4) is 0 Å². The average molecular weight is 666 g/mol. The Morgan fingerprint density at radius 2 is 2.00 bits per heavy atom. The number of rotatable bonds is 5. The van der Waals surface area contributed by atoms with Crippen LogP contribution in [-0.4, -0.2) is 72.4 Å². The van der Waals surface area contributed by atoms with Crippen molar-refractivity contribution in [3.05, 3.63) is 34.4 Å². The molecule has 4 aromatic rings. The van der Waals surface area contributed by atoms with Gasteiger partial charge in [-0.1, -0.05) is 17.7 Å². The zero-order valence-corrected chi connectivity index (χ0v) is 27.0. The molecule has 2 atom stereocenters. The second-order valence-electron chi connectivity index (χ2n) is 12.8. The number of nitrogens with two attached hydrogens (primary N) is 1. The Bertz CT molecular complexity index is 1920. The van der Waals surface area contributed by atoms with Gasteiger partial charge >= 0.3 is 6.01 Å². The predicted octanol–water partition coefficient (Wildman–Crippen LogP) is 6.24. The van der Waals surface area contributed by atoms with Crippen molar-refractivity contribution in [3.8, 4) is 29.0 Å². The quantitative estimate of drug-likeness (QED) is 0.256. The van der Waals surface area contributed by atoms with E-state index in [2.05, 4.69) is 21.2 Å². The molecular weight excluding hydrogens is 632 g/mol. The summed E-state index contributed by atoms with van der Waals surface area (Å²) in [5, 5.41) is 14.1. The van der Waals surface area contributed by atoms with Gasteiger partial charge in [0, 0.05) is 36.0 Å². The van der Waals surface area contributed by atoms with Gasteiger partial charge in [-0.3, -0.25) is 4.90 Å². The summed E-state index contributed by atoms with van der Waals surface area (Å²) in [6.07, 6.45) is 6.82. The number of benzene rings is 2. The third kappa shape index (κ3) is 4.50. The molecule has 0 amide bonds. The van der Waals surface area contributed by atoms with Crippen molar-refractivity contribution >= 4 is 54.7 Å². The van der Waals surface area contributed by atoms with Crippen LogP contribution in [0.25, 0.3) is 32.1 Å². The third-order valence-electron chi connectivity index (χ3n) is 10.5. The lowest BCUT2D eigenvalue weighted by Gasteiger charge is -2.42. The fourth-order valence-corrected chi connectivity index (χ4v) is 9.49. The monoisotopic (exact) mass is 665 g/mol. The van der Waals surface area contributed by atoms with Gasteiger partial charge in [-0.2, -0.15) is 15.2 Å². The Morgan fingerprint density at radius 1 is 1.20 bits per heavy atom. The number of thiophene rings is 1. The molecule has 13 heteroatoms. The van der Waals surface area contributed by atoms with Crippen molar-refractivity contribution in [2.75, 3.05) is 50.5 Å². The Balaban J connectivity index is 1.35. The number of piperidine rings is 1. The molecule has 0 spiro atoms. The maximum absolute atomic E-state index is 17.2. The summed E-state index contributed by atoms with van der Waals surface area (Å²) in [4.78, 5) is 14.4. The largest absolute Gasteiger partial charge is 0.491 e. The van der Waals surface area contributed by atoms with E-state index >= 15 is 4.39 Å². The second-order valence-corrected chi connectivity index (χ2v) is 14.3. The summed E-state index contributed by atoms with van der Waals surface area (Å²) in [5.74, 6) is -0.468. The molecular formula is C33H34ClF2N7O2S. The normalized spacial score (nSPS) is 22.3. The molecule has 0 bridgehead atoms. The van der Waals surface area contributed by atoms with Crippen LogP contribution in [0.4, 0.5) is 19.6 Å². The molecule has 4 aliphatic heterocycles. The van der Waals surface area contributed by atoms with Crippen molar-refractivity contribution in [2.24, 2.45) is 0 Å². The van der Waals surface area contributed by atoms with Crippen molar-refractivity contribution in [1.29, 1.82) is 5.26 Å². The molecule has 3 saturated heterocycles. The molecule has 2 unspecified atom stereocenters. The SMILES string of the molecule is CNC1CCN2c3nc(OCC45CCCN4CCC5)nc4c(F)c(-c5ccc(F)c6sc(N)c(C#N)c56)c(Cl)c(c34)OCCC2C1. The van der Waals surface area contributed by atoms with Crippen molar-refractivity contribution < 1.29 is 18.3 Å². The number of ether oxygens (including phenoxy) is 2. The molecule has 2 aromatic heterocycles. The minimum atomic E-state index is -0.717. The molecule has 2 aromatic carbocycles. The summed E-state index contributed by atoms with van der Waals surface area (Å²) < 4.78 is 45.1. The Hall–Kier alpha value is -3.50. The van der Waals surface area contributed by atoms with Gasteiger partial charge in [-0.25, -0.2) is 8.78 Å². The summed E-state index contributed by atoms with van der Waals surface area (Å²) in [5.41, 5.74) is 6.37. The molecule has 4 aliphatic rings. The number of fused-ring (bicyclic) bond motifs is 4. The number of nitrogens with zero attached hydrogens (tertiary/aromatic N) is 5. The number of halogens is 3. The van der Waals surface area contributed by atoms with Crippen LogP contribution < -0.4 is 25.4 Å². The average Bonchev–Trinajstić information content (AvgIpc) is 3.74. The Morgan fingerprint density at radius 3 is 2.76 bits per heavy atom. The van der Waals surface area contributed by atoms with E-state index < -0.39 is 11.6 Å². The minimum absolute atomic E-state index is 0.0113. The summed E-state index contributed by atoms with van der Waals surface area (Å²) in [6.45, 7) is 3.58. The van der Waals surface area contributed by atoms with Gasteiger partial charge in [0.25, 0.3) is 0 Å². The van der Waals surface area contributed by atoms with Crippen LogP contribution in [0.2, 0.25) is 5.02 Å².